The van der Waals surface area contributed by atoms with E-state index in [0.29, 0.717) is 12.6 Å². The smallest absolute Gasteiger partial charge is 0.269 e. The molecule has 2 heterocycles. The highest BCUT2D eigenvalue weighted by Gasteiger charge is 2.17. The quantitative estimate of drug-likeness (QED) is 0.875. The Morgan fingerprint density at radius 1 is 1.35 bits per heavy atom. The van der Waals surface area contributed by atoms with Gasteiger partial charge in [-0.1, -0.05) is 0 Å². The number of aryl methyl sites for hydroxylation is 1. The van der Waals surface area contributed by atoms with E-state index in [4.69, 9.17) is 0 Å². The number of anilines is 1. The fraction of sp³-hybridized carbons (Fsp3) is 0.538. The summed E-state index contributed by atoms with van der Waals surface area (Å²) in [5.41, 5.74) is 0.674. The molecule has 1 aliphatic carbocycles. The number of rotatable bonds is 5. The minimum Gasteiger partial charge on any atom is -0.381 e. The van der Waals surface area contributed by atoms with Gasteiger partial charge < -0.3 is 5.32 Å². The van der Waals surface area contributed by atoms with E-state index in [-0.39, 0.29) is 5.56 Å². The van der Waals surface area contributed by atoms with Gasteiger partial charge in [0.05, 0.1) is 11.9 Å². The third-order valence-electron chi connectivity index (χ3n) is 3.63. The van der Waals surface area contributed by atoms with Gasteiger partial charge in [0.25, 0.3) is 5.56 Å². The lowest BCUT2D eigenvalue weighted by atomic mass is 9.93. The van der Waals surface area contributed by atoms with Gasteiger partial charge in [0.15, 0.2) is 0 Å². The first-order valence-electron chi connectivity index (χ1n) is 6.96. The molecule has 0 radical (unpaired) electrons. The Hall–Kier alpha value is -2.18. The van der Waals surface area contributed by atoms with Crippen LogP contribution in [0.2, 0.25) is 0 Å². The molecule has 2 aromatic rings. The maximum Gasteiger partial charge on any atom is 0.269 e. The van der Waals surface area contributed by atoms with Crippen LogP contribution in [0.25, 0.3) is 0 Å². The highest BCUT2D eigenvalue weighted by molar-refractivity contribution is 5.40. The van der Waals surface area contributed by atoms with Crippen molar-refractivity contribution in [2.45, 2.75) is 45.3 Å². The third-order valence-corrected chi connectivity index (χ3v) is 3.63. The molecule has 20 heavy (non-hydrogen) atoms. The molecule has 106 valence electrons. The molecule has 1 saturated carbocycles. The summed E-state index contributed by atoms with van der Waals surface area (Å²) < 4.78 is 3.16. The van der Waals surface area contributed by atoms with Crippen LogP contribution in [-0.4, -0.2) is 30.6 Å². The van der Waals surface area contributed by atoms with Crippen LogP contribution in [0.4, 0.5) is 5.69 Å². The van der Waals surface area contributed by atoms with Gasteiger partial charge in [-0.2, -0.15) is 10.2 Å². The van der Waals surface area contributed by atoms with Crippen LogP contribution in [0.15, 0.2) is 23.4 Å². The first kappa shape index (κ1) is 12.8. The minimum absolute atomic E-state index is 0.125. The SMILES string of the molecule is CCn1ncnc1Cn1ncc(NC2CCC2)cc1=O. The molecule has 1 fully saturated rings. The van der Waals surface area contributed by atoms with E-state index in [1.807, 2.05) is 6.92 Å². The maximum absolute atomic E-state index is 12.1. The van der Waals surface area contributed by atoms with E-state index in [1.165, 1.54) is 30.3 Å². The van der Waals surface area contributed by atoms with Crippen molar-refractivity contribution in [2.24, 2.45) is 0 Å². The second-order valence-corrected chi connectivity index (χ2v) is 5.00. The number of nitrogens with one attached hydrogen (secondary N) is 1. The van der Waals surface area contributed by atoms with Gasteiger partial charge in [0.1, 0.15) is 18.7 Å². The Kier molecular flexibility index (Phi) is 3.49. The van der Waals surface area contributed by atoms with E-state index >= 15 is 0 Å². The Morgan fingerprint density at radius 3 is 2.85 bits per heavy atom. The van der Waals surface area contributed by atoms with Gasteiger partial charge in [0.2, 0.25) is 0 Å². The lowest BCUT2D eigenvalue weighted by Crippen LogP contribution is -2.29. The Balaban J connectivity index is 1.75. The van der Waals surface area contributed by atoms with Crippen molar-refractivity contribution in [1.82, 2.24) is 24.5 Å². The predicted octanol–water partition coefficient (Wildman–Crippen LogP) is 0.867. The lowest BCUT2D eigenvalue weighted by molar-refractivity contribution is 0.445. The zero-order chi connectivity index (χ0) is 13.9. The molecule has 0 saturated heterocycles. The highest BCUT2D eigenvalue weighted by atomic mass is 16.1. The zero-order valence-corrected chi connectivity index (χ0v) is 11.5. The molecule has 1 N–H and O–H groups in total. The maximum atomic E-state index is 12.1. The Bertz CT molecular complexity index is 642. The summed E-state index contributed by atoms with van der Waals surface area (Å²) in [5, 5.41) is 11.6. The molecule has 0 bridgehead atoms. The first-order chi connectivity index (χ1) is 9.76. The fourth-order valence-electron chi connectivity index (χ4n) is 2.23. The van der Waals surface area contributed by atoms with E-state index in [1.54, 1.807) is 16.9 Å². The Labute approximate surface area is 116 Å². The van der Waals surface area contributed by atoms with Crippen molar-refractivity contribution in [1.29, 1.82) is 0 Å². The highest BCUT2D eigenvalue weighted by Crippen LogP contribution is 2.21. The number of hydrogen-bond donors (Lipinski definition) is 1. The van der Waals surface area contributed by atoms with Crippen LogP contribution >= 0.6 is 0 Å². The second kappa shape index (κ2) is 5.44. The topological polar surface area (TPSA) is 77.6 Å². The molecule has 3 rings (SSSR count). The molecule has 0 aromatic carbocycles. The molecule has 0 atom stereocenters. The monoisotopic (exact) mass is 274 g/mol. The minimum atomic E-state index is -0.125. The van der Waals surface area contributed by atoms with Gasteiger partial charge in [-0.15, -0.1) is 0 Å². The van der Waals surface area contributed by atoms with Crippen LogP contribution in [0.3, 0.4) is 0 Å². The molecule has 0 amide bonds. The van der Waals surface area contributed by atoms with Gasteiger partial charge in [-0.25, -0.2) is 14.3 Å². The summed E-state index contributed by atoms with van der Waals surface area (Å²) in [7, 11) is 0. The lowest BCUT2D eigenvalue weighted by Gasteiger charge is -2.27. The molecule has 2 aromatic heterocycles. The number of nitrogens with zero attached hydrogens (tertiary/aromatic N) is 5. The molecule has 7 heteroatoms. The van der Waals surface area contributed by atoms with Crippen molar-refractivity contribution in [2.75, 3.05) is 5.32 Å². The largest absolute Gasteiger partial charge is 0.381 e. The van der Waals surface area contributed by atoms with E-state index in [2.05, 4.69) is 20.5 Å². The van der Waals surface area contributed by atoms with Crippen molar-refractivity contribution in [3.8, 4) is 0 Å². The summed E-state index contributed by atoms with van der Waals surface area (Å²) in [4.78, 5) is 16.2. The molecule has 0 unspecified atom stereocenters. The fourth-order valence-corrected chi connectivity index (χ4v) is 2.23. The van der Waals surface area contributed by atoms with Gasteiger partial charge in [-0.3, -0.25) is 4.79 Å². The molecule has 7 nitrogen and oxygen atoms in total. The predicted molar refractivity (Wildman–Crippen MR) is 74.6 cm³/mol. The molecular formula is C13H18N6O. The average molecular weight is 274 g/mol. The standard InChI is InChI=1S/C13H18N6O/c1-2-18-12(14-9-16-18)8-19-13(20)6-11(7-15-19)17-10-4-3-5-10/h6-7,9-10,17H,2-5,8H2,1H3. The van der Waals surface area contributed by atoms with Crippen molar-refractivity contribution < 1.29 is 0 Å². The van der Waals surface area contributed by atoms with E-state index in [0.717, 1.165) is 18.1 Å². The van der Waals surface area contributed by atoms with Crippen molar-refractivity contribution in [3.05, 3.63) is 34.8 Å². The van der Waals surface area contributed by atoms with Crippen LogP contribution < -0.4 is 10.9 Å². The zero-order valence-electron chi connectivity index (χ0n) is 11.5. The third kappa shape index (κ3) is 2.56. The number of aromatic nitrogens is 5. The van der Waals surface area contributed by atoms with Gasteiger partial charge in [0, 0.05) is 18.7 Å². The molecule has 0 spiro atoms. The van der Waals surface area contributed by atoms with Crippen LogP contribution in [-0.2, 0) is 13.1 Å². The van der Waals surface area contributed by atoms with E-state index < -0.39 is 0 Å². The summed E-state index contributed by atoms with van der Waals surface area (Å²) >= 11 is 0. The normalized spacial score (nSPS) is 15.1. The Morgan fingerprint density at radius 2 is 2.20 bits per heavy atom. The van der Waals surface area contributed by atoms with Crippen LogP contribution in [0.1, 0.15) is 32.0 Å². The van der Waals surface area contributed by atoms with Crippen LogP contribution in [0.5, 0.6) is 0 Å². The van der Waals surface area contributed by atoms with Gasteiger partial charge in [-0.05, 0) is 26.2 Å². The average Bonchev–Trinajstić information content (AvgIpc) is 2.84. The molecule has 0 aliphatic heterocycles. The van der Waals surface area contributed by atoms with E-state index in [9.17, 15) is 4.79 Å². The molecule has 1 aliphatic rings. The van der Waals surface area contributed by atoms with Crippen molar-refractivity contribution >= 4 is 5.69 Å². The number of hydrogen-bond acceptors (Lipinski definition) is 5. The summed E-state index contributed by atoms with van der Waals surface area (Å²) in [6.07, 6.45) is 6.79. The summed E-state index contributed by atoms with van der Waals surface area (Å²) in [5.74, 6) is 0.738. The summed E-state index contributed by atoms with van der Waals surface area (Å²) in [6, 6.07) is 2.09. The van der Waals surface area contributed by atoms with Crippen molar-refractivity contribution in [3.63, 3.8) is 0 Å². The summed E-state index contributed by atoms with van der Waals surface area (Å²) in [6.45, 7) is 3.06. The van der Waals surface area contributed by atoms with Crippen LogP contribution in [0, 0.1) is 0 Å². The first-order valence-corrected chi connectivity index (χ1v) is 6.96. The second-order valence-electron chi connectivity index (χ2n) is 5.00. The molecular weight excluding hydrogens is 256 g/mol. The van der Waals surface area contributed by atoms with Gasteiger partial charge >= 0.3 is 0 Å².